The van der Waals surface area contributed by atoms with Crippen molar-refractivity contribution < 1.29 is 9.59 Å². The summed E-state index contributed by atoms with van der Waals surface area (Å²) < 4.78 is 0. The molecule has 4 N–H and O–H groups in total. The number of hydrogen-bond acceptors (Lipinski definition) is 4. The number of carbonyl (C=O) groups excluding carboxylic acids is 2. The molecule has 1 aliphatic rings. The Kier molecular flexibility index (Phi) is 6.30. The molecule has 0 unspecified atom stereocenters. The summed E-state index contributed by atoms with van der Waals surface area (Å²) in [5, 5.41) is 14.7. The fourth-order valence-electron chi connectivity index (χ4n) is 3.99. The van der Waals surface area contributed by atoms with Crippen LogP contribution in [0.5, 0.6) is 0 Å². The molecule has 31 heavy (non-hydrogen) atoms. The van der Waals surface area contributed by atoms with Gasteiger partial charge in [-0.25, -0.2) is 0 Å². The van der Waals surface area contributed by atoms with Crippen LogP contribution in [0.25, 0.3) is 10.8 Å². The van der Waals surface area contributed by atoms with E-state index in [0.717, 1.165) is 35.0 Å². The molecule has 3 aromatic carbocycles. The van der Waals surface area contributed by atoms with Crippen LogP contribution in [0.2, 0.25) is 0 Å². The number of piperazine rings is 1. The maximum atomic E-state index is 13.1. The van der Waals surface area contributed by atoms with Gasteiger partial charge >= 0.3 is 0 Å². The molecule has 160 valence electrons. The van der Waals surface area contributed by atoms with Gasteiger partial charge in [-0.15, -0.1) is 0 Å². The number of carbonyl (C=O) groups is 2. The number of benzene rings is 3. The van der Waals surface area contributed by atoms with Crippen LogP contribution in [0.4, 0.5) is 5.69 Å². The third-order valence-corrected chi connectivity index (χ3v) is 5.74. The lowest BCUT2D eigenvalue weighted by Crippen LogP contribution is -2.54. The van der Waals surface area contributed by atoms with Crippen molar-refractivity contribution in [3.8, 4) is 0 Å². The van der Waals surface area contributed by atoms with Gasteiger partial charge in [0.2, 0.25) is 5.91 Å². The average Bonchev–Trinajstić information content (AvgIpc) is 2.80. The predicted molar refractivity (Wildman–Crippen MR) is 124 cm³/mol. The first kappa shape index (κ1) is 21.0. The second-order valence-electron chi connectivity index (χ2n) is 7.99. The van der Waals surface area contributed by atoms with Crippen molar-refractivity contribution in [1.82, 2.24) is 16.0 Å². The highest BCUT2D eigenvalue weighted by Crippen LogP contribution is 2.25. The zero-order valence-electron chi connectivity index (χ0n) is 17.9. The van der Waals surface area contributed by atoms with E-state index in [2.05, 4.69) is 39.5 Å². The quantitative estimate of drug-likeness (QED) is 0.515. The van der Waals surface area contributed by atoms with Crippen molar-refractivity contribution in [1.29, 1.82) is 0 Å². The fraction of sp³-hybridized carbons (Fsp3) is 0.280. The first-order valence-corrected chi connectivity index (χ1v) is 10.7. The smallest absolute Gasteiger partial charge is 0.252 e. The van der Waals surface area contributed by atoms with E-state index in [0.29, 0.717) is 17.8 Å². The number of amides is 2. The standard InChI is InChI=1S/C25H28N4O2/c1-16-10-11-19(29-25(31)23-15-26-12-13-27-23)14-22(16)24(30)28-17(2)20-9-5-7-18-6-3-4-8-21(18)20/h3-11,14,17,23,26-27H,12-13,15H2,1-2H3,(H,28,30)(H,29,31)/t17-,23+/m1/s1. The molecule has 1 aliphatic heterocycles. The SMILES string of the molecule is Cc1ccc(NC(=O)[C@@H]2CNCCN2)cc1C(=O)N[C@H](C)c1cccc2ccccc12. The van der Waals surface area contributed by atoms with Gasteiger partial charge in [-0.05, 0) is 47.9 Å². The minimum absolute atomic E-state index is 0.105. The second kappa shape index (κ2) is 9.29. The lowest BCUT2D eigenvalue weighted by molar-refractivity contribution is -0.118. The number of nitrogens with one attached hydrogen (secondary N) is 4. The van der Waals surface area contributed by atoms with E-state index in [4.69, 9.17) is 0 Å². The summed E-state index contributed by atoms with van der Waals surface area (Å²) in [7, 11) is 0. The first-order valence-electron chi connectivity index (χ1n) is 10.7. The number of fused-ring (bicyclic) bond motifs is 1. The van der Waals surface area contributed by atoms with Crippen LogP contribution in [-0.4, -0.2) is 37.5 Å². The lowest BCUT2D eigenvalue weighted by Gasteiger charge is -2.23. The molecule has 0 bridgehead atoms. The zero-order valence-corrected chi connectivity index (χ0v) is 17.9. The van der Waals surface area contributed by atoms with E-state index < -0.39 is 0 Å². The Morgan fingerprint density at radius 2 is 1.84 bits per heavy atom. The van der Waals surface area contributed by atoms with Gasteiger partial charge < -0.3 is 21.3 Å². The number of rotatable bonds is 5. The summed E-state index contributed by atoms with van der Waals surface area (Å²) in [6, 6.07) is 19.3. The molecular weight excluding hydrogens is 388 g/mol. The molecule has 6 heteroatoms. The molecule has 6 nitrogen and oxygen atoms in total. The molecule has 0 aromatic heterocycles. The van der Waals surface area contributed by atoms with Crippen molar-refractivity contribution in [3.05, 3.63) is 77.4 Å². The van der Waals surface area contributed by atoms with Gasteiger partial charge in [-0.1, -0.05) is 48.5 Å². The van der Waals surface area contributed by atoms with Crippen molar-refractivity contribution in [2.24, 2.45) is 0 Å². The van der Waals surface area contributed by atoms with Crippen LogP contribution in [0.15, 0.2) is 60.7 Å². The molecule has 0 radical (unpaired) electrons. The van der Waals surface area contributed by atoms with Gasteiger partial charge in [0, 0.05) is 30.9 Å². The van der Waals surface area contributed by atoms with Gasteiger partial charge in [-0.3, -0.25) is 9.59 Å². The monoisotopic (exact) mass is 416 g/mol. The van der Waals surface area contributed by atoms with Crippen LogP contribution < -0.4 is 21.3 Å². The maximum absolute atomic E-state index is 13.1. The van der Waals surface area contributed by atoms with E-state index in [1.54, 1.807) is 6.07 Å². The third kappa shape index (κ3) is 4.76. The van der Waals surface area contributed by atoms with Crippen molar-refractivity contribution >= 4 is 28.3 Å². The Bertz CT molecular complexity index is 1100. The summed E-state index contributed by atoms with van der Waals surface area (Å²) in [5.41, 5.74) is 3.10. The summed E-state index contributed by atoms with van der Waals surface area (Å²) in [6.07, 6.45) is 0. The number of anilines is 1. The van der Waals surface area contributed by atoms with Crippen molar-refractivity contribution in [2.45, 2.75) is 25.9 Å². The molecule has 3 aromatic rings. The molecule has 1 saturated heterocycles. The van der Waals surface area contributed by atoms with Gasteiger partial charge in [0.1, 0.15) is 0 Å². The Labute approximate surface area is 182 Å². The first-order chi connectivity index (χ1) is 15.0. The maximum Gasteiger partial charge on any atom is 0.252 e. The topological polar surface area (TPSA) is 82.3 Å². The van der Waals surface area contributed by atoms with E-state index >= 15 is 0 Å². The van der Waals surface area contributed by atoms with E-state index in [1.807, 2.05) is 50.2 Å². The molecular formula is C25H28N4O2. The summed E-state index contributed by atoms with van der Waals surface area (Å²) in [4.78, 5) is 25.6. The van der Waals surface area contributed by atoms with E-state index in [1.165, 1.54) is 0 Å². The van der Waals surface area contributed by atoms with Gasteiger partial charge in [0.15, 0.2) is 0 Å². The largest absolute Gasteiger partial charge is 0.345 e. The summed E-state index contributed by atoms with van der Waals surface area (Å²) in [5.74, 6) is -0.266. The van der Waals surface area contributed by atoms with E-state index in [-0.39, 0.29) is 23.9 Å². The highest BCUT2D eigenvalue weighted by atomic mass is 16.2. The summed E-state index contributed by atoms with van der Waals surface area (Å²) in [6.45, 7) is 6.09. The highest BCUT2D eigenvalue weighted by molar-refractivity contribution is 6.00. The van der Waals surface area contributed by atoms with Crippen LogP contribution in [0.1, 0.15) is 34.5 Å². The number of aryl methyl sites for hydroxylation is 1. The minimum Gasteiger partial charge on any atom is -0.345 e. The van der Waals surface area contributed by atoms with Gasteiger partial charge in [-0.2, -0.15) is 0 Å². The second-order valence-corrected chi connectivity index (χ2v) is 7.99. The van der Waals surface area contributed by atoms with Crippen LogP contribution in [-0.2, 0) is 4.79 Å². The molecule has 0 spiro atoms. The summed E-state index contributed by atoms with van der Waals surface area (Å²) >= 11 is 0. The molecule has 1 fully saturated rings. The van der Waals surface area contributed by atoms with Crippen LogP contribution >= 0.6 is 0 Å². The lowest BCUT2D eigenvalue weighted by atomic mass is 9.99. The normalized spacial score (nSPS) is 17.2. The number of hydrogen-bond donors (Lipinski definition) is 4. The predicted octanol–water partition coefficient (Wildman–Crippen LogP) is 3.14. The zero-order chi connectivity index (χ0) is 21.8. The molecule has 2 atom stereocenters. The molecule has 1 heterocycles. The Hall–Kier alpha value is -3.22. The molecule has 2 amide bonds. The Balaban J connectivity index is 1.50. The van der Waals surface area contributed by atoms with E-state index in [9.17, 15) is 9.59 Å². The van der Waals surface area contributed by atoms with Gasteiger partial charge in [0.05, 0.1) is 12.1 Å². The van der Waals surface area contributed by atoms with Crippen molar-refractivity contribution in [3.63, 3.8) is 0 Å². The van der Waals surface area contributed by atoms with Crippen molar-refractivity contribution in [2.75, 3.05) is 25.0 Å². The molecule has 0 aliphatic carbocycles. The minimum atomic E-state index is -0.279. The molecule has 0 saturated carbocycles. The Morgan fingerprint density at radius 3 is 2.65 bits per heavy atom. The van der Waals surface area contributed by atoms with Gasteiger partial charge in [0.25, 0.3) is 5.91 Å². The van der Waals surface area contributed by atoms with Crippen LogP contribution in [0, 0.1) is 6.92 Å². The highest BCUT2D eigenvalue weighted by Gasteiger charge is 2.21. The average molecular weight is 417 g/mol. The molecule has 4 rings (SSSR count). The third-order valence-electron chi connectivity index (χ3n) is 5.74. The van der Waals surface area contributed by atoms with Crippen LogP contribution in [0.3, 0.4) is 0 Å². The Morgan fingerprint density at radius 1 is 1.03 bits per heavy atom. The fourth-order valence-corrected chi connectivity index (χ4v) is 3.99.